The fraction of sp³-hybridized carbons (Fsp3) is 0.269. The Bertz CT molecular complexity index is 920. The number of ether oxygens (including phenoxy) is 1. The van der Waals surface area contributed by atoms with E-state index in [2.05, 4.69) is 20.8 Å². The normalized spacial score (nSPS) is 12.4. The number of carboxylic acids is 1. The highest BCUT2D eigenvalue weighted by Gasteiger charge is 2.21. The van der Waals surface area contributed by atoms with E-state index in [1.807, 2.05) is 78.9 Å². The summed E-state index contributed by atoms with van der Waals surface area (Å²) in [4.78, 5) is 11.9. The van der Waals surface area contributed by atoms with Crippen LogP contribution in [0.4, 0.5) is 0 Å². The first-order valence-corrected chi connectivity index (χ1v) is 9.92. The number of carbonyl (C=O) groups is 1. The molecule has 29 heavy (non-hydrogen) atoms. The fourth-order valence-electron chi connectivity index (χ4n) is 3.26. The second-order valence-electron chi connectivity index (χ2n) is 8.39. The molecule has 150 valence electrons. The van der Waals surface area contributed by atoms with E-state index in [1.54, 1.807) is 0 Å². The molecule has 0 aliphatic carbocycles. The molecule has 0 saturated heterocycles. The molecular weight excluding hydrogens is 360 g/mol. The zero-order valence-electron chi connectivity index (χ0n) is 17.3. The zero-order chi connectivity index (χ0) is 20.9. The Morgan fingerprint density at radius 3 is 2.03 bits per heavy atom. The summed E-state index contributed by atoms with van der Waals surface area (Å²) in [5.41, 5.74) is 4.16. The minimum atomic E-state index is -0.807. The van der Waals surface area contributed by atoms with Crippen molar-refractivity contribution in [2.75, 3.05) is 0 Å². The lowest BCUT2D eigenvalue weighted by atomic mass is 9.84. The summed E-state index contributed by atoms with van der Waals surface area (Å²) in [5.74, 6) is -0.600. The molecule has 0 saturated carbocycles. The number of rotatable bonds is 7. The lowest BCUT2D eigenvalue weighted by molar-refractivity contribution is -0.138. The minimum absolute atomic E-state index is 0.0484. The molecule has 0 aromatic heterocycles. The van der Waals surface area contributed by atoms with Crippen molar-refractivity contribution in [2.45, 2.75) is 45.1 Å². The molecule has 1 unspecified atom stereocenters. The van der Waals surface area contributed by atoms with Crippen molar-refractivity contribution >= 4 is 5.97 Å². The monoisotopic (exact) mass is 388 g/mol. The molecule has 0 radical (unpaired) electrons. The first-order chi connectivity index (χ1) is 13.8. The predicted octanol–water partition coefficient (Wildman–Crippen LogP) is 5.97. The van der Waals surface area contributed by atoms with E-state index in [1.165, 1.54) is 5.56 Å². The quantitative estimate of drug-likeness (QED) is 0.542. The van der Waals surface area contributed by atoms with Gasteiger partial charge in [0.25, 0.3) is 0 Å². The van der Waals surface area contributed by atoms with Gasteiger partial charge in [0.15, 0.2) is 0 Å². The highest BCUT2D eigenvalue weighted by Crippen LogP contribution is 2.27. The van der Waals surface area contributed by atoms with E-state index < -0.39 is 11.9 Å². The molecule has 1 N–H and O–H groups in total. The summed E-state index contributed by atoms with van der Waals surface area (Å²) in [6.07, 6.45) is 0.448. The molecule has 0 fully saturated rings. The van der Waals surface area contributed by atoms with Gasteiger partial charge in [-0.05, 0) is 46.2 Å². The van der Waals surface area contributed by atoms with Crippen LogP contribution in [0.1, 0.15) is 48.9 Å². The van der Waals surface area contributed by atoms with Crippen LogP contribution in [-0.2, 0) is 23.2 Å². The molecule has 0 aliphatic rings. The van der Waals surface area contributed by atoms with E-state index in [0.29, 0.717) is 13.0 Å². The smallest absolute Gasteiger partial charge is 0.311 e. The summed E-state index contributed by atoms with van der Waals surface area (Å²) in [7, 11) is 0. The molecule has 0 bridgehead atoms. The molecule has 0 heterocycles. The maximum Gasteiger partial charge on any atom is 0.311 e. The molecular formula is C26H28O3. The van der Waals surface area contributed by atoms with Gasteiger partial charge in [0, 0.05) is 0 Å². The van der Waals surface area contributed by atoms with E-state index >= 15 is 0 Å². The Kier molecular flexibility index (Phi) is 6.38. The molecule has 3 aromatic carbocycles. The van der Waals surface area contributed by atoms with Crippen LogP contribution in [0.2, 0.25) is 0 Å². The van der Waals surface area contributed by atoms with Crippen LogP contribution in [0, 0.1) is 0 Å². The van der Waals surface area contributed by atoms with Crippen LogP contribution in [0.15, 0.2) is 78.9 Å². The van der Waals surface area contributed by atoms with Crippen LogP contribution < -0.4 is 4.74 Å². The predicted molar refractivity (Wildman–Crippen MR) is 116 cm³/mol. The van der Waals surface area contributed by atoms with E-state index in [0.717, 1.165) is 22.4 Å². The summed E-state index contributed by atoms with van der Waals surface area (Å²) >= 11 is 0. The van der Waals surface area contributed by atoms with Gasteiger partial charge in [-0.3, -0.25) is 4.79 Å². The lowest BCUT2D eigenvalue weighted by Crippen LogP contribution is -2.16. The van der Waals surface area contributed by atoms with Crippen LogP contribution in [0.25, 0.3) is 0 Å². The fourth-order valence-corrected chi connectivity index (χ4v) is 3.26. The number of hydrogen-bond acceptors (Lipinski definition) is 2. The first kappa shape index (κ1) is 20.7. The molecule has 1 atom stereocenters. The Morgan fingerprint density at radius 2 is 1.48 bits per heavy atom. The van der Waals surface area contributed by atoms with Crippen molar-refractivity contribution in [2.24, 2.45) is 0 Å². The van der Waals surface area contributed by atoms with E-state index in [9.17, 15) is 9.90 Å². The summed E-state index contributed by atoms with van der Waals surface area (Å²) in [5, 5.41) is 9.76. The van der Waals surface area contributed by atoms with Crippen molar-refractivity contribution in [1.82, 2.24) is 0 Å². The minimum Gasteiger partial charge on any atom is -0.489 e. The van der Waals surface area contributed by atoms with Gasteiger partial charge in [-0.25, -0.2) is 0 Å². The Labute approximate surface area is 173 Å². The average Bonchev–Trinajstić information content (AvgIpc) is 2.71. The van der Waals surface area contributed by atoms with Gasteiger partial charge in [-0.15, -0.1) is 0 Å². The van der Waals surface area contributed by atoms with Gasteiger partial charge in [-0.2, -0.15) is 0 Å². The molecule has 3 rings (SSSR count). The standard InChI is InChI=1S/C26H28O3/c1-26(2,3)22-13-11-21(12-14-22)24(25(27)28)17-19-9-15-23(16-10-19)29-18-20-7-5-4-6-8-20/h4-16,24H,17-18H2,1-3H3,(H,27,28). The van der Waals surface area contributed by atoms with Gasteiger partial charge in [0.05, 0.1) is 5.92 Å². The highest BCUT2D eigenvalue weighted by atomic mass is 16.5. The molecule has 3 heteroatoms. The largest absolute Gasteiger partial charge is 0.489 e. The molecule has 0 amide bonds. The first-order valence-electron chi connectivity index (χ1n) is 9.92. The third kappa shape index (κ3) is 5.71. The van der Waals surface area contributed by atoms with E-state index in [-0.39, 0.29) is 5.41 Å². The Hall–Kier alpha value is -3.07. The second kappa shape index (κ2) is 8.95. The van der Waals surface area contributed by atoms with Gasteiger partial charge in [0.1, 0.15) is 12.4 Å². The van der Waals surface area contributed by atoms with Crippen molar-refractivity contribution < 1.29 is 14.6 Å². The van der Waals surface area contributed by atoms with Gasteiger partial charge in [-0.1, -0.05) is 87.5 Å². The third-order valence-electron chi connectivity index (χ3n) is 5.09. The van der Waals surface area contributed by atoms with Crippen molar-refractivity contribution in [3.63, 3.8) is 0 Å². The molecule has 3 aromatic rings. The number of benzene rings is 3. The second-order valence-corrected chi connectivity index (χ2v) is 8.39. The third-order valence-corrected chi connectivity index (χ3v) is 5.09. The van der Waals surface area contributed by atoms with Crippen LogP contribution >= 0.6 is 0 Å². The Balaban J connectivity index is 1.67. The SMILES string of the molecule is CC(C)(C)c1ccc(C(Cc2ccc(OCc3ccccc3)cc2)C(=O)O)cc1. The lowest BCUT2D eigenvalue weighted by Gasteiger charge is -2.20. The average molecular weight is 389 g/mol. The Morgan fingerprint density at radius 1 is 0.862 bits per heavy atom. The molecule has 0 aliphatic heterocycles. The molecule has 3 nitrogen and oxygen atoms in total. The van der Waals surface area contributed by atoms with E-state index in [4.69, 9.17) is 4.74 Å². The topological polar surface area (TPSA) is 46.5 Å². The number of aliphatic carboxylic acids is 1. The van der Waals surface area contributed by atoms with Crippen LogP contribution in [0.5, 0.6) is 5.75 Å². The summed E-state index contributed by atoms with van der Waals surface area (Å²) in [6.45, 7) is 6.96. The zero-order valence-corrected chi connectivity index (χ0v) is 17.3. The maximum absolute atomic E-state index is 11.9. The van der Waals surface area contributed by atoms with Gasteiger partial charge >= 0.3 is 5.97 Å². The van der Waals surface area contributed by atoms with Crippen molar-refractivity contribution in [3.05, 3.63) is 101 Å². The van der Waals surface area contributed by atoms with Gasteiger partial charge < -0.3 is 9.84 Å². The highest BCUT2D eigenvalue weighted by molar-refractivity contribution is 5.76. The van der Waals surface area contributed by atoms with Gasteiger partial charge in [0.2, 0.25) is 0 Å². The van der Waals surface area contributed by atoms with Crippen LogP contribution in [-0.4, -0.2) is 11.1 Å². The van der Waals surface area contributed by atoms with Crippen molar-refractivity contribution in [3.8, 4) is 5.75 Å². The molecule has 0 spiro atoms. The summed E-state index contributed by atoms with van der Waals surface area (Å²) in [6, 6.07) is 25.6. The summed E-state index contributed by atoms with van der Waals surface area (Å²) < 4.78 is 5.81. The van der Waals surface area contributed by atoms with Crippen molar-refractivity contribution in [1.29, 1.82) is 0 Å². The number of hydrogen-bond donors (Lipinski definition) is 1. The maximum atomic E-state index is 11.9. The number of carboxylic acid groups (broad SMARTS) is 1. The van der Waals surface area contributed by atoms with Crippen LogP contribution in [0.3, 0.4) is 0 Å².